The molecule has 1 N–H and O–H groups in total. The molecule has 0 amide bonds. The summed E-state index contributed by atoms with van der Waals surface area (Å²) in [6.45, 7) is 3.73. The van der Waals surface area contributed by atoms with Gasteiger partial charge >= 0.3 is 0 Å². The maximum atomic E-state index is 13.0. The van der Waals surface area contributed by atoms with E-state index in [2.05, 4.69) is 10.3 Å². The molecule has 0 aromatic carbocycles. The van der Waals surface area contributed by atoms with Crippen molar-refractivity contribution < 1.29 is 8.42 Å². The van der Waals surface area contributed by atoms with Crippen molar-refractivity contribution in [1.29, 1.82) is 0 Å². The first-order valence-electron chi connectivity index (χ1n) is 7.32. The molecule has 0 radical (unpaired) electrons. The number of nitrogens with one attached hydrogen (secondary N) is 1. The number of thiophene rings is 1. The summed E-state index contributed by atoms with van der Waals surface area (Å²) in [5, 5.41) is 3.26. The highest BCUT2D eigenvalue weighted by Gasteiger charge is 2.37. The first-order valence-corrected chi connectivity index (χ1v) is 9.58. The van der Waals surface area contributed by atoms with Crippen molar-refractivity contribution in [2.75, 3.05) is 19.6 Å². The lowest BCUT2D eigenvalue weighted by Gasteiger charge is -2.34. The molecule has 23 heavy (non-hydrogen) atoms. The third-order valence-corrected chi connectivity index (χ3v) is 7.50. The quantitative estimate of drug-likeness (QED) is 0.883. The summed E-state index contributed by atoms with van der Waals surface area (Å²) in [4.78, 5) is 5.42. The zero-order valence-electron chi connectivity index (χ0n) is 13.1. The molecule has 2 aromatic rings. The Kier molecular flexibility index (Phi) is 5.85. The second kappa shape index (κ2) is 7.31. The Bertz CT molecular complexity index is 756. The minimum atomic E-state index is -3.48. The fourth-order valence-corrected chi connectivity index (χ4v) is 5.71. The summed E-state index contributed by atoms with van der Waals surface area (Å²) >= 11 is 1.36. The standard InChI is InChI=1S/C14H20N4O2S2.ClH/c1-3-11-4-5-13(21-11)22(19,20)18-9-6-15-10-12(18)14-16-7-8-17(14)2;/h4-5,7-8,12,15H,3,6,9-10H2,1-2H3;1H. The lowest BCUT2D eigenvalue weighted by atomic mass is 10.2. The van der Waals surface area contributed by atoms with Crippen molar-refractivity contribution in [3.8, 4) is 0 Å². The summed E-state index contributed by atoms with van der Waals surface area (Å²) in [6, 6.07) is 3.34. The van der Waals surface area contributed by atoms with Crippen LogP contribution in [0.1, 0.15) is 23.7 Å². The molecular weight excluding hydrogens is 356 g/mol. The molecule has 0 aliphatic carbocycles. The van der Waals surface area contributed by atoms with E-state index in [9.17, 15) is 8.42 Å². The van der Waals surface area contributed by atoms with Crippen LogP contribution < -0.4 is 5.32 Å². The molecule has 2 aromatic heterocycles. The molecule has 0 spiro atoms. The number of aryl methyl sites for hydroxylation is 2. The number of halogens is 1. The molecule has 1 fully saturated rings. The van der Waals surface area contributed by atoms with E-state index >= 15 is 0 Å². The third kappa shape index (κ3) is 3.46. The number of piperazine rings is 1. The van der Waals surface area contributed by atoms with E-state index in [0.29, 0.717) is 23.8 Å². The molecule has 1 aliphatic rings. The number of hydrogen-bond donors (Lipinski definition) is 1. The van der Waals surface area contributed by atoms with Crippen LogP contribution in [0.5, 0.6) is 0 Å². The molecule has 128 valence electrons. The maximum absolute atomic E-state index is 13.0. The Morgan fingerprint density at radius 2 is 2.22 bits per heavy atom. The second-order valence-corrected chi connectivity index (χ2v) is 8.59. The summed E-state index contributed by atoms with van der Waals surface area (Å²) in [5.74, 6) is 0.767. The zero-order valence-corrected chi connectivity index (χ0v) is 15.5. The average molecular weight is 377 g/mol. The molecule has 0 saturated carbocycles. The number of rotatable bonds is 4. The normalized spacial score (nSPS) is 19.5. The fourth-order valence-electron chi connectivity index (χ4n) is 2.69. The van der Waals surface area contributed by atoms with Gasteiger partial charge in [-0.05, 0) is 18.6 Å². The van der Waals surface area contributed by atoms with Gasteiger partial charge in [-0.15, -0.1) is 23.7 Å². The zero-order chi connectivity index (χ0) is 15.7. The number of sulfonamides is 1. The SMILES string of the molecule is CCc1ccc(S(=O)(=O)N2CCNCC2c2nccn2C)s1.Cl. The second-order valence-electron chi connectivity index (χ2n) is 5.31. The van der Waals surface area contributed by atoms with Gasteiger partial charge in [0.25, 0.3) is 10.0 Å². The van der Waals surface area contributed by atoms with E-state index in [1.54, 1.807) is 16.6 Å². The Hall–Kier alpha value is -0.930. The van der Waals surface area contributed by atoms with Crippen LogP contribution in [0.2, 0.25) is 0 Å². The Morgan fingerprint density at radius 3 is 2.83 bits per heavy atom. The Morgan fingerprint density at radius 1 is 1.43 bits per heavy atom. The van der Waals surface area contributed by atoms with Crippen LogP contribution in [-0.4, -0.2) is 41.9 Å². The number of hydrogen-bond acceptors (Lipinski definition) is 5. The van der Waals surface area contributed by atoms with Crippen molar-refractivity contribution in [2.45, 2.75) is 23.6 Å². The van der Waals surface area contributed by atoms with Crippen LogP contribution in [0.15, 0.2) is 28.7 Å². The van der Waals surface area contributed by atoms with Gasteiger partial charge in [0.05, 0.1) is 6.04 Å². The van der Waals surface area contributed by atoms with Gasteiger partial charge in [0.2, 0.25) is 0 Å². The van der Waals surface area contributed by atoms with E-state index in [1.807, 2.05) is 30.8 Å². The van der Waals surface area contributed by atoms with Crippen LogP contribution in [0, 0.1) is 0 Å². The summed E-state index contributed by atoms with van der Waals surface area (Å²) in [5.41, 5.74) is 0. The first-order chi connectivity index (χ1) is 10.5. The highest BCUT2D eigenvalue weighted by atomic mass is 35.5. The van der Waals surface area contributed by atoms with Gasteiger partial charge in [0.1, 0.15) is 10.0 Å². The van der Waals surface area contributed by atoms with Gasteiger partial charge in [-0.1, -0.05) is 6.92 Å². The minimum absolute atomic E-state index is 0. The molecule has 0 bridgehead atoms. The Labute approximate surface area is 147 Å². The molecule has 3 rings (SSSR count). The molecule has 9 heteroatoms. The van der Waals surface area contributed by atoms with Gasteiger partial charge in [0.15, 0.2) is 0 Å². The van der Waals surface area contributed by atoms with Crippen LogP contribution in [0.3, 0.4) is 0 Å². The largest absolute Gasteiger partial charge is 0.337 e. The van der Waals surface area contributed by atoms with E-state index in [-0.39, 0.29) is 18.4 Å². The number of aromatic nitrogens is 2. The van der Waals surface area contributed by atoms with Crippen molar-refractivity contribution in [3.05, 3.63) is 35.2 Å². The highest BCUT2D eigenvalue weighted by molar-refractivity contribution is 7.91. The number of nitrogens with zero attached hydrogens (tertiary/aromatic N) is 3. The Balaban J connectivity index is 0.00000192. The van der Waals surface area contributed by atoms with Crippen LogP contribution in [0.25, 0.3) is 0 Å². The molecule has 1 unspecified atom stereocenters. The van der Waals surface area contributed by atoms with Crippen LogP contribution in [0.4, 0.5) is 0 Å². The monoisotopic (exact) mass is 376 g/mol. The van der Waals surface area contributed by atoms with Gasteiger partial charge in [-0.25, -0.2) is 13.4 Å². The summed E-state index contributed by atoms with van der Waals surface area (Å²) < 4.78 is 29.9. The molecule has 3 heterocycles. The van der Waals surface area contributed by atoms with Gasteiger partial charge in [-0.2, -0.15) is 4.31 Å². The predicted molar refractivity (Wildman–Crippen MR) is 93.7 cm³/mol. The topological polar surface area (TPSA) is 67.2 Å². The third-order valence-electron chi connectivity index (χ3n) is 3.90. The maximum Gasteiger partial charge on any atom is 0.253 e. The smallest absolute Gasteiger partial charge is 0.253 e. The predicted octanol–water partition coefficient (Wildman–Crippen LogP) is 1.80. The van der Waals surface area contributed by atoms with E-state index in [1.165, 1.54) is 11.3 Å². The molecule has 1 saturated heterocycles. The van der Waals surface area contributed by atoms with Crippen molar-refractivity contribution in [3.63, 3.8) is 0 Å². The molecule has 1 atom stereocenters. The summed E-state index contributed by atoms with van der Waals surface area (Å²) in [6.07, 6.45) is 4.40. The van der Waals surface area contributed by atoms with Gasteiger partial charge < -0.3 is 9.88 Å². The fraction of sp³-hybridized carbons (Fsp3) is 0.500. The number of imidazole rings is 1. The minimum Gasteiger partial charge on any atom is -0.337 e. The van der Waals surface area contributed by atoms with Crippen molar-refractivity contribution in [1.82, 2.24) is 19.2 Å². The molecule has 1 aliphatic heterocycles. The molecule has 6 nitrogen and oxygen atoms in total. The molecular formula is C14H21ClN4O2S2. The van der Waals surface area contributed by atoms with Crippen LogP contribution >= 0.6 is 23.7 Å². The van der Waals surface area contributed by atoms with E-state index < -0.39 is 10.0 Å². The lowest BCUT2D eigenvalue weighted by Crippen LogP contribution is -2.49. The van der Waals surface area contributed by atoms with E-state index in [0.717, 1.165) is 17.1 Å². The van der Waals surface area contributed by atoms with Gasteiger partial charge in [-0.3, -0.25) is 0 Å². The van der Waals surface area contributed by atoms with Crippen molar-refractivity contribution in [2.24, 2.45) is 7.05 Å². The van der Waals surface area contributed by atoms with Crippen molar-refractivity contribution >= 4 is 33.8 Å². The first kappa shape index (κ1) is 18.4. The lowest BCUT2D eigenvalue weighted by molar-refractivity contribution is 0.259. The summed E-state index contributed by atoms with van der Waals surface area (Å²) in [7, 11) is -1.59. The average Bonchev–Trinajstić information content (AvgIpc) is 3.16. The van der Waals surface area contributed by atoms with E-state index in [4.69, 9.17) is 0 Å². The van der Waals surface area contributed by atoms with Crippen LogP contribution in [-0.2, 0) is 23.5 Å². The van der Waals surface area contributed by atoms with Gasteiger partial charge in [0, 0.05) is 44.0 Å². The highest BCUT2D eigenvalue weighted by Crippen LogP contribution is 2.31.